The molecule has 10 nitrogen and oxygen atoms in total. The normalized spacial score (nSPS) is 17.4. The lowest BCUT2D eigenvalue weighted by molar-refractivity contribution is -0.138. The zero-order valence-corrected chi connectivity index (χ0v) is 19.3. The van der Waals surface area contributed by atoms with Crippen molar-refractivity contribution in [2.24, 2.45) is 0 Å². The molecule has 0 spiro atoms. The maximum Gasteiger partial charge on any atom is 0.419 e. The molecule has 0 aliphatic carbocycles. The average molecular weight is 498 g/mol. The second-order valence-electron chi connectivity index (χ2n) is 8.67. The number of nitrogen functional groups attached to an aromatic ring is 1. The number of unbranched alkanes of at least 4 members (excludes halogenated alkanes) is 1. The molecule has 0 saturated carbocycles. The molecule has 186 valence electrons. The Labute approximate surface area is 202 Å². The summed E-state index contributed by atoms with van der Waals surface area (Å²) in [4.78, 5) is 30.8. The minimum Gasteiger partial charge on any atom is -0.507 e. The highest BCUT2D eigenvalue weighted by Gasteiger charge is 2.48. The van der Waals surface area contributed by atoms with Crippen LogP contribution in [0.25, 0.3) is 17.2 Å². The van der Waals surface area contributed by atoms with Gasteiger partial charge in [-0.25, -0.2) is 24.5 Å². The molecule has 13 heteroatoms. The van der Waals surface area contributed by atoms with Gasteiger partial charge < -0.3 is 16.2 Å². The Bertz CT molecular complexity index is 1520. The molecular weight excluding hydrogens is 477 g/mol. The van der Waals surface area contributed by atoms with Gasteiger partial charge in [0.15, 0.2) is 11.5 Å². The smallest absolute Gasteiger partial charge is 0.419 e. The summed E-state index contributed by atoms with van der Waals surface area (Å²) in [6.45, 7) is 3.55. The lowest BCUT2D eigenvalue weighted by atomic mass is 9.77. The number of phenolic OH excluding ortho intramolecular Hbond substituents is 1. The number of amides is 1. The lowest BCUT2D eigenvalue weighted by Gasteiger charge is -2.24. The van der Waals surface area contributed by atoms with Crippen LogP contribution in [-0.2, 0) is 22.8 Å². The molecule has 4 aromatic rings. The molecule has 36 heavy (non-hydrogen) atoms. The van der Waals surface area contributed by atoms with E-state index in [0.717, 1.165) is 31.0 Å². The number of aromatic hydroxyl groups is 1. The van der Waals surface area contributed by atoms with Gasteiger partial charge in [0.1, 0.15) is 34.8 Å². The van der Waals surface area contributed by atoms with Gasteiger partial charge in [-0.2, -0.15) is 18.3 Å². The highest BCUT2D eigenvalue weighted by molar-refractivity contribution is 6.09. The first-order valence-electron chi connectivity index (χ1n) is 11.1. The highest BCUT2D eigenvalue weighted by Crippen LogP contribution is 2.47. The molecule has 0 saturated heterocycles. The van der Waals surface area contributed by atoms with Crippen molar-refractivity contribution >= 4 is 23.2 Å². The molecule has 0 bridgehead atoms. The number of fused-ring (bicyclic) bond motifs is 2. The molecule has 0 unspecified atom stereocenters. The summed E-state index contributed by atoms with van der Waals surface area (Å²) in [7, 11) is 0. The number of nitrogens with zero attached hydrogens (tertiary/aromatic N) is 6. The van der Waals surface area contributed by atoms with Crippen LogP contribution in [0.3, 0.4) is 0 Å². The minimum absolute atomic E-state index is 0.0502. The van der Waals surface area contributed by atoms with Gasteiger partial charge in [-0.05, 0) is 37.5 Å². The Morgan fingerprint density at radius 2 is 2.00 bits per heavy atom. The first-order chi connectivity index (χ1) is 17.0. The van der Waals surface area contributed by atoms with E-state index in [4.69, 9.17) is 5.73 Å². The van der Waals surface area contributed by atoms with Crippen molar-refractivity contribution in [2.75, 3.05) is 11.1 Å². The number of hydrogen-bond acceptors (Lipinski definition) is 8. The van der Waals surface area contributed by atoms with Crippen LogP contribution < -0.4 is 11.1 Å². The van der Waals surface area contributed by atoms with Crippen molar-refractivity contribution in [3.8, 4) is 17.3 Å². The average Bonchev–Trinajstić information content (AvgIpc) is 3.39. The second-order valence-corrected chi connectivity index (χ2v) is 8.67. The van der Waals surface area contributed by atoms with Gasteiger partial charge >= 0.3 is 6.18 Å². The van der Waals surface area contributed by atoms with Gasteiger partial charge in [-0.3, -0.25) is 4.79 Å². The van der Waals surface area contributed by atoms with E-state index in [9.17, 15) is 23.1 Å². The van der Waals surface area contributed by atoms with E-state index in [1.807, 2.05) is 0 Å². The van der Waals surface area contributed by atoms with E-state index in [0.29, 0.717) is 23.5 Å². The van der Waals surface area contributed by atoms with Crippen molar-refractivity contribution < 1.29 is 23.1 Å². The predicted molar refractivity (Wildman–Crippen MR) is 123 cm³/mol. The number of nitrogens with two attached hydrogens (primary N) is 1. The van der Waals surface area contributed by atoms with Crippen LogP contribution in [0.4, 0.5) is 24.8 Å². The molecule has 4 heterocycles. The summed E-state index contributed by atoms with van der Waals surface area (Å²) >= 11 is 0. The van der Waals surface area contributed by atoms with Crippen molar-refractivity contribution in [2.45, 2.75) is 44.7 Å². The predicted octanol–water partition coefficient (Wildman–Crippen LogP) is 3.49. The number of benzene rings is 1. The second kappa shape index (κ2) is 8.14. The van der Waals surface area contributed by atoms with E-state index in [2.05, 4.69) is 37.3 Å². The minimum atomic E-state index is -4.75. The van der Waals surface area contributed by atoms with Gasteiger partial charge in [0.2, 0.25) is 5.91 Å². The molecule has 1 aliphatic rings. The summed E-state index contributed by atoms with van der Waals surface area (Å²) in [5, 5.41) is 16.8. The van der Waals surface area contributed by atoms with Gasteiger partial charge in [0.05, 0.1) is 23.0 Å². The number of nitrogens with one attached hydrogen (secondary N) is 1. The standard InChI is InChI=1S/C23H21F3N8O2/c1-3-4-5-13-20-28-10-29-34(20)9-14(30-13)18-31-17(27)16-19(32-18)33-21(36)22(16,2)11-6-7-12(15(35)8-11)23(24,25)26/h6-10,35H,3-5H2,1-2H3,(H3,27,31,32,33,36)/t22-/m0/s1. The fourth-order valence-corrected chi connectivity index (χ4v) is 4.39. The number of carbonyl (C=O) groups is 1. The molecular formula is C23H21F3N8O2. The van der Waals surface area contributed by atoms with Crippen molar-refractivity contribution in [1.29, 1.82) is 0 Å². The summed E-state index contributed by atoms with van der Waals surface area (Å²) in [6, 6.07) is 2.76. The third-order valence-electron chi connectivity index (χ3n) is 6.33. The zero-order valence-electron chi connectivity index (χ0n) is 19.3. The first kappa shape index (κ1) is 23.5. The number of phenols is 1. The fourth-order valence-electron chi connectivity index (χ4n) is 4.39. The van der Waals surface area contributed by atoms with Crippen LogP contribution in [0, 0.1) is 0 Å². The SMILES string of the molecule is CCCCc1nc(-c2nc(N)c3c(n2)NC(=O)[C@@]3(C)c2ccc(C(F)(F)F)c(O)c2)cn2ncnc12. The Hall–Kier alpha value is -4.29. The van der Waals surface area contributed by atoms with Gasteiger partial charge in [0, 0.05) is 0 Å². The number of rotatable bonds is 5. The Kier molecular flexibility index (Phi) is 5.30. The topological polar surface area (TPSA) is 144 Å². The molecule has 3 aromatic heterocycles. The molecule has 0 fully saturated rings. The molecule has 5 rings (SSSR count). The van der Waals surface area contributed by atoms with Crippen LogP contribution in [0.5, 0.6) is 5.75 Å². The van der Waals surface area contributed by atoms with Crippen LogP contribution in [0.2, 0.25) is 0 Å². The van der Waals surface area contributed by atoms with Crippen LogP contribution >= 0.6 is 0 Å². The third kappa shape index (κ3) is 3.58. The largest absolute Gasteiger partial charge is 0.507 e. The number of carbonyl (C=O) groups excluding carboxylic acids is 1. The van der Waals surface area contributed by atoms with Crippen LogP contribution in [-0.4, -0.2) is 40.6 Å². The van der Waals surface area contributed by atoms with E-state index in [-0.39, 0.29) is 28.6 Å². The first-order valence-corrected chi connectivity index (χ1v) is 11.1. The summed E-state index contributed by atoms with van der Waals surface area (Å²) in [5.74, 6) is -1.37. The van der Waals surface area contributed by atoms with Crippen LogP contribution in [0.1, 0.15) is 49.1 Å². The molecule has 0 radical (unpaired) electrons. The number of anilines is 2. The number of halogens is 3. The third-order valence-corrected chi connectivity index (χ3v) is 6.33. The maximum atomic E-state index is 13.1. The van der Waals surface area contributed by atoms with E-state index >= 15 is 0 Å². The lowest BCUT2D eigenvalue weighted by Crippen LogP contribution is -2.33. The molecule has 1 atom stereocenters. The van der Waals surface area contributed by atoms with Crippen molar-refractivity contribution in [3.05, 3.63) is 53.1 Å². The Morgan fingerprint density at radius 3 is 2.69 bits per heavy atom. The van der Waals surface area contributed by atoms with Gasteiger partial charge in [-0.15, -0.1) is 0 Å². The Morgan fingerprint density at radius 1 is 1.22 bits per heavy atom. The van der Waals surface area contributed by atoms with E-state index in [1.54, 1.807) is 10.7 Å². The number of aromatic nitrogens is 6. The van der Waals surface area contributed by atoms with Crippen molar-refractivity contribution in [1.82, 2.24) is 29.5 Å². The number of alkyl halides is 3. The van der Waals surface area contributed by atoms with Crippen molar-refractivity contribution in [3.63, 3.8) is 0 Å². The molecule has 1 amide bonds. The maximum absolute atomic E-state index is 13.1. The van der Waals surface area contributed by atoms with E-state index in [1.165, 1.54) is 13.3 Å². The van der Waals surface area contributed by atoms with Crippen LogP contribution in [0.15, 0.2) is 30.7 Å². The highest BCUT2D eigenvalue weighted by atomic mass is 19.4. The van der Waals surface area contributed by atoms with Gasteiger partial charge in [0.25, 0.3) is 0 Å². The quantitative estimate of drug-likeness (QED) is 0.379. The molecule has 1 aliphatic heterocycles. The number of aryl methyl sites for hydroxylation is 1. The molecule has 1 aromatic carbocycles. The Balaban J connectivity index is 1.61. The molecule has 4 N–H and O–H groups in total. The monoisotopic (exact) mass is 498 g/mol. The summed E-state index contributed by atoms with van der Waals surface area (Å²) in [6.07, 6.45) is 0.783. The number of hydrogen-bond donors (Lipinski definition) is 3. The summed E-state index contributed by atoms with van der Waals surface area (Å²) < 4.78 is 40.9. The zero-order chi connectivity index (χ0) is 25.8. The fraction of sp³-hybridized carbons (Fsp3) is 0.304. The van der Waals surface area contributed by atoms with Gasteiger partial charge in [-0.1, -0.05) is 19.4 Å². The summed E-state index contributed by atoms with van der Waals surface area (Å²) in [5.41, 5.74) is 5.54. The van der Waals surface area contributed by atoms with E-state index < -0.39 is 28.8 Å².